The van der Waals surface area contributed by atoms with Gasteiger partial charge in [-0.2, -0.15) is 0 Å². The number of aromatic nitrogens is 2. The fraction of sp³-hybridized carbons (Fsp3) is 0.0556. The Bertz CT molecular complexity index is 949. The standard InChI is InChI=1S/C18H14N2O2/c1-12-15(10-11-22-12)18-19-16-4-2-3-5-17(16)20(18)13-6-8-14(21)9-7-13/h2-11,21H,1H3. The molecule has 0 aliphatic carbocycles. The summed E-state index contributed by atoms with van der Waals surface area (Å²) in [6.45, 7) is 1.93. The molecule has 0 unspecified atom stereocenters. The number of rotatable bonds is 2. The van der Waals surface area contributed by atoms with E-state index in [9.17, 15) is 5.11 Å². The van der Waals surface area contributed by atoms with Crippen molar-refractivity contribution in [2.24, 2.45) is 0 Å². The zero-order chi connectivity index (χ0) is 15.1. The minimum Gasteiger partial charge on any atom is -0.508 e. The number of aryl methyl sites for hydroxylation is 1. The lowest BCUT2D eigenvalue weighted by Crippen LogP contribution is -1.97. The average Bonchev–Trinajstić information content (AvgIpc) is 3.11. The normalized spacial score (nSPS) is 11.1. The zero-order valence-corrected chi connectivity index (χ0v) is 12.0. The van der Waals surface area contributed by atoms with Crippen LogP contribution in [-0.4, -0.2) is 14.7 Å². The Labute approximate surface area is 127 Å². The molecule has 0 bridgehead atoms. The van der Waals surface area contributed by atoms with Crippen molar-refractivity contribution < 1.29 is 9.52 Å². The summed E-state index contributed by atoms with van der Waals surface area (Å²) in [5, 5.41) is 9.52. The van der Waals surface area contributed by atoms with Crippen molar-refractivity contribution in [2.75, 3.05) is 0 Å². The molecule has 0 aliphatic rings. The first-order valence-corrected chi connectivity index (χ1v) is 7.05. The van der Waals surface area contributed by atoms with Crippen LogP contribution in [0.2, 0.25) is 0 Å². The van der Waals surface area contributed by atoms with Crippen LogP contribution >= 0.6 is 0 Å². The molecule has 0 saturated heterocycles. The van der Waals surface area contributed by atoms with Gasteiger partial charge in [0.25, 0.3) is 0 Å². The smallest absolute Gasteiger partial charge is 0.149 e. The van der Waals surface area contributed by atoms with E-state index in [0.717, 1.165) is 33.9 Å². The van der Waals surface area contributed by atoms with Crippen molar-refractivity contribution in [2.45, 2.75) is 6.92 Å². The van der Waals surface area contributed by atoms with Crippen LogP contribution in [0.15, 0.2) is 65.3 Å². The molecule has 4 nitrogen and oxygen atoms in total. The Balaban J connectivity index is 2.06. The molecule has 2 aromatic carbocycles. The summed E-state index contributed by atoms with van der Waals surface area (Å²) >= 11 is 0. The number of phenolic OH excluding ortho intramolecular Hbond substituents is 1. The quantitative estimate of drug-likeness (QED) is 0.599. The number of phenols is 1. The van der Waals surface area contributed by atoms with E-state index in [0.29, 0.717) is 0 Å². The van der Waals surface area contributed by atoms with Crippen molar-refractivity contribution in [3.8, 4) is 22.8 Å². The van der Waals surface area contributed by atoms with Crippen molar-refractivity contribution in [3.05, 3.63) is 66.6 Å². The Morgan fingerprint density at radius 3 is 2.50 bits per heavy atom. The lowest BCUT2D eigenvalue weighted by Gasteiger charge is -2.09. The number of hydrogen-bond acceptors (Lipinski definition) is 3. The fourth-order valence-electron chi connectivity index (χ4n) is 2.69. The number of para-hydroxylation sites is 2. The van der Waals surface area contributed by atoms with Crippen molar-refractivity contribution in [3.63, 3.8) is 0 Å². The molecular formula is C18H14N2O2. The number of nitrogens with zero attached hydrogens (tertiary/aromatic N) is 2. The second kappa shape index (κ2) is 4.77. The van der Waals surface area contributed by atoms with Crippen molar-refractivity contribution >= 4 is 11.0 Å². The highest BCUT2D eigenvalue weighted by atomic mass is 16.3. The first-order chi connectivity index (χ1) is 10.7. The highest BCUT2D eigenvalue weighted by Crippen LogP contribution is 2.31. The summed E-state index contributed by atoms with van der Waals surface area (Å²) in [7, 11) is 0. The molecule has 0 spiro atoms. The summed E-state index contributed by atoms with van der Waals surface area (Å²) < 4.78 is 7.51. The maximum atomic E-state index is 9.52. The molecule has 2 heterocycles. The minimum absolute atomic E-state index is 0.245. The van der Waals surface area contributed by atoms with E-state index in [1.54, 1.807) is 18.4 Å². The van der Waals surface area contributed by atoms with Gasteiger partial charge in [0.1, 0.15) is 17.3 Å². The summed E-state index contributed by atoms with van der Waals surface area (Å²) in [5.41, 5.74) is 3.85. The third-order valence-electron chi connectivity index (χ3n) is 3.77. The number of benzene rings is 2. The number of imidazole rings is 1. The van der Waals surface area contributed by atoms with Crippen LogP contribution in [0, 0.1) is 6.92 Å². The van der Waals surface area contributed by atoms with E-state index in [1.807, 2.05) is 49.4 Å². The van der Waals surface area contributed by atoms with E-state index >= 15 is 0 Å². The predicted molar refractivity (Wildman–Crippen MR) is 85.2 cm³/mol. The molecule has 0 atom stereocenters. The number of fused-ring (bicyclic) bond motifs is 1. The Morgan fingerprint density at radius 2 is 1.77 bits per heavy atom. The maximum absolute atomic E-state index is 9.52. The van der Waals surface area contributed by atoms with Crippen LogP contribution in [0.3, 0.4) is 0 Å². The summed E-state index contributed by atoms with van der Waals surface area (Å²) in [4.78, 5) is 4.76. The van der Waals surface area contributed by atoms with Gasteiger partial charge in [-0.1, -0.05) is 12.1 Å². The second-order valence-electron chi connectivity index (χ2n) is 5.17. The van der Waals surface area contributed by atoms with Gasteiger partial charge in [0.05, 0.1) is 22.9 Å². The molecule has 0 radical (unpaired) electrons. The Kier molecular flexibility index (Phi) is 2.76. The highest BCUT2D eigenvalue weighted by molar-refractivity contribution is 5.83. The zero-order valence-electron chi connectivity index (χ0n) is 12.0. The topological polar surface area (TPSA) is 51.2 Å². The monoisotopic (exact) mass is 290 g/mol. The molecule has 4 aromatic rings. The van der Waals surface area contributed by atoms with Crippen molar-refractivity contribution in [1.82, 2.24) is 9.55 Å². The molecule has 108 valence electrons. The lowest BCUT2D eigenvalue weighted by atomic mass is 10.2. The van der Waals surface area contributed by atoms with Gasteiger partial charge < -0.3 is 9.52 Å². The summed E-state index contributed by atoms with van der Waals surface area (Å²) in [6.07, 6.45) is 1.67. The van der Waals surface area contributed by atoms with Crippen LogP contribution in [0.4, 0.5) is 0 Å². The van der Waals surface area contributed by atoms with Crippen LogP contribution < -0.4 is 0 Å². The van der Waals surface area contributed by atoms with Gasteiger partial charge in [-0.3, -0.25) is 4.57 Å². The Morgan fingerprint density at radius 1 is 1.00 bits per heavy atom. The minimum atomic E-state index is 0.245. The largest absolute Gasteiger partial charge is 0.508 e. The predicted octanol–water partition coefficient (Wildman–Crippen LogP) is 4.30. The van der Waals surface area contributed by atoms with Gasteiger partial charge in [0.15, 0.2) is 0 Å². The third-order valence-corrected chi connectivity index (χ3v) is 3.77. The van der Waals surface area contributed by atoms with Gasteiger partial charge in [0.2, 0.25) is 0 Å². The molecule has 22 heavy (non-hydrogen) atoms. The first kappa shape index (κ1) is 12.7. The number of aromatic hydroxyl groups is 1. The van der Waals surface area contributed by atoms with Gasteiger partial charge in [-0.25, -0.2) is 4.98 Å². The lowest BCUT2D eigenvalue weighted by molar-refractivity contribution is 0.475. The molecule has 2 aromatic heterocycles. The molecule has 1 N–H and O–H groups in total. The molecule has 0 aliphatic heterocycles. The van der Waals surface area contributed by atoms with Crippen LogP contribution in [0.25, 0.3) is 28.1 Å². The number of hydrogen-bond donors (Lipinski definition) is 1. The van der Waals surface area contributed by atoms with E-state index < -0.39 is 0 Å². The van der Waals surface area contributed by atoms with E-state index in [4.69, 9.17) is 9.40 Å². The highest BCUT2D eigenvalue weighted by Gasteiger charge is 2.16. The fourth-order valence-corrected chi connectivity index (χ4v) is 2.69. The van der Waals surface area contributed by atoms with Crippen LogP contribution in [-0.2, 0) is 0 Å². The van der Waals surface area contributed by atoms with Gasteiger partial charge in [-0.05, 0) is 49.4 Å². The maximum Gasteiger partial charge on any atom is 0.149 e. The molecular weight excluding hydrogens is 276 g/mol. The Hall–Kier alpha value is -3.01. The second-order valence-corrected chi connectivity index (χ2v) is 5.17. The third kappa shape index (κ3) is 1.89. The molecule has 0 amide bonds. The average molecular weight is 290 g/mol. The first-order valence-electron chi connectivity index (χ1n) is 7.05. The number of furan rings is 1. The SMILES string of the molecule is Cc1occc1-c1nc2ccccc2n1-c1ccc(O)cc1. The molecule has 0 saturated carbocycles. The summed E-state index contributed by atoms with van der Waals surface area (Å²) in [6, 6.07) is 17.0. The van der Waals surface area contributed by atoms with E-state index in [-0.39, 0.29) is 5.75 Å². The van der Waals surface area contributed by atoms with E-state index in [2.05, 4.69) is 4.57 Å². The van der Waals surface area contributed by atoms with Crippen LogP contribution in [0.1, 0.15) is 5.76 Å². The van der Waals surface area contributed by atoms with Gasteiger partial charge in [-0.15, -0.1) is 0 Å². The van der Waals surface area contributed by atoms with Crippen LogP contribution in [0.5, 0.6) is 5.75 Å². The molecule has 4 rings (SSSR count). The van der Waals surface area contributed by atoms with E-state index in [1.165, 1.54) is 0 Å². The molecule has 0 fully saturated rings. The molecule has 4 heteroatoms. The van der Waals surface area contributed by atoms with Gasteiger partial charge >= 0.3 is 0 Å². The van der Waals surface area contributed by atoms with Gasteiger partial charge in [0, 0.05) is 5.69 Å². The summed E-state index contributed by atoms with van der Waals surface area (Å²) in [5.74, 6) is 1.91. The van der Waals surface area contributed by atoms with Crippen molar-refractivity contribution in [1.29, 1.82) is 0 Å².